The number of nitrogens with one attached hydrogen (secondary N) is 5. The van der Waals surface area contributed by atoms with E-state index in [4.69, 9.17) is 0 Å². The monoisotopic (exact) mass is 772 g/mol. The molecule has 2 saturated carbocycles. The second kappa shape index (κ2) is 18.2. The summed E-state index contributed by atoms with van der Waals surface area (Å²) in [6.45, 7) is 10.5. The van der Waals surface area contributed by atoms with E-state index in [0.29, 0.717) is 32.1 Å². The van der Waals surface area contributed by atoms with E-state index in [-0.39, 0.29) is 24.3 Å². The lowest BCUT2D eigenvalue weighted by molar-refractivity contribution is -0.149. The lowest BCUT2D eigenvalue weighted by Crippen LogP contribution is -2.64. The number of hydrogen-bond acceptors (Lipinski definition) is 8. The predicted molar refractivity (Wildman–Crippen MR) is 204 cm³/mol. The van der Waals surface area contributed by atoms with E-state index in [9.17, 15) is 37.2 Å². The number of piperidine rings is 1. The van der Waals surface area contributed by atoms with Gasteiger partial charge in [-0.05, 0) is 75.2 Å². The third-order valence-electron chi connectivity index (χ3n) is 11.1. The Labute approximate surface area is 320 Å². The first-order chi connectivity index (χ1) is 25.3. The number of amides is 5. The Morgan fingerprint density at radius 1 is 0.852 bits per heavy atom. The van der Waals surface area contributed by atoms with Crippen LogP contribution < -0.4 is 26.0 Å². The fraction of sp³-hybridized carbons (Fsp3) is 0.692. The van der Waals surface area contributed by atoms with E-state index in [2.05, 4.69) is 26.0 Å². The van der Waals surface area contributed by atoms with Crippen molar-refractivity contribution in [2.45, 2.75) is 148 Å². The SMILES string of the molecule is CCCC(NC(=O)[C@@H]1C2CCC(C2)N1C(=O)[C@@H](NC(=O)[C@@H](NC(=O)[C@H](C)NS(C)(=O)=O)C1CCCCC1)C(C)(C)C)C(=O)C(=O)N[C@@H](C)c1ccccc1. The van der Waals surface area contributed by atoms with Gasteiger partial charge in [-0.3, -0.25) is 28.8 Å². The summed E-state index contributed by atoms with van der Waals surface area (Å²) in [5, 5.41) is 11.3. The first-order valence-electron chi connectivity index (χ1n) is 19.4. The zero-order valence-corrected chi connectivity index (χ0v) is 33.6. The van der Waals surface area contributed by atoms with Crippen LogP contribution in [0, 0.1) is 17.3 Å². The van der Waals surface area contributed by atoms with Gasteiger partial charge in [-0.2, -0.15) is 0 Å². The van der Waals surface area contributed by atoms with E-state index in [1.165, 1.54) is 6.92 Å². The molecule has 3 fully saturated rings. The summed E-state index contributed by atoms with van der Waals surface area (Å²) in [7, 11) is -3.69. The molecule has 0 spiro atoms. The summed E-state index contributed by atoms with van der Waals surface area (Å²) in [5.74, 6) is -4.08. The second-order valence-corrected chi connectivity index (χ2v) is 18.3. The van der Waals surface area contributed by atoms with Gasteiger partial charge < -0.3 is 26.2 Å². The Balaban J connectivity index is 1.53. The van der Waals surface area contributed by atoms with Crippen LogP contribution in [0.1, 0.15) is 117 Å². The van der Waals surface area contributed by atoms with Crippen molar-refractivity contribution < 1.29 is 37.2 Å². The molecule has 2 bridgehead atoms. The summed E-state index contributed by atoms with van der Waals surface area (Å²) in [4.78, 5) is 84.3. The molecule has 4 rings (SSSR count). The van der Waals surface area contributed by atoms with Crippen LogP contribution >= 0.6 is 0 Å². The molecule has 1 heterocycles. The summed E-state index contributed by atoms with van der Waals surface area (Å²) in [5.41, 5.74) is 0.0214. The van der Waals surface area contributed by atoms with Gasteiger partial charge in [0, 0.05) is 6.04 Å². The maximum Gasteiger partial charge on any atom is 0.290 e. The predicted octanol–water partition coefficient (Wildman–Crippen LogP) is 2.63. The highest BCUT2D eigenvalue weighted by Gasteiger charge is 2.54. The van der Waals surface area contributed by atoms with Crippen molar-refractivity contribution in [3.05, 3.63) is 35.9 Å². The third-order valence-corrected chi connectivity index (χ3v) is 11.9. The zero-order chi connectivity index (χ0) is 40.0. The highest BCUT2D eigenvalue weighted by atomic mass is 32.2. The van der Waals surface area contributed by atoms with Crippen LogP contribution in [0.3, 0.4) is 0 Å². The number of fused-ring (bicyclic) bond motifs is 2. The molecule has 15 heteroatoms. The van der Waals surface area contributed by atoms with Gasteiger partial charge in [-0.1, -0.05) is 83.7 Å². The average molecular weight is 773 g/mol. The van der Waals surface area contributed by atoms with Crippen LogP contribution in [-0.4, -0.2) is 91.1 Å². The minimum absolute atomic E-state index is 0.155. The number of Topliss-reactive ketones (excluding diaryl/α,β-unsaturated/α-hetero) is 1. The fourth-order valence-corrected chi connectivity index (χ4v) is 9.01. The van der Waals surface area contributed by atoms with Crippen molar-refractivity contribution in [1.82, 2.24) is 30.9 Å². The van der Waals surface area contributed by atoms with Crippen LogP contribution in [0.15, 0.2) is 30.3 Å². The standard InChI is InChI=1S/C39H60N6O8S/c1-8-15-29(32(46)37(50)40-23(2)25-16-11-9-12-17-25)41-36(49)31-27-20-21-28(22-27)45(31)38(51)33(39(4,5)6)43-35(48)30(26-18-13-10-14-19-26)42-34(47)24(3)44-54(7,52)53/h9,11-12,16-17,23-24,26-31,33,44H,8,10,13-15,18-22H2,1-7H3,(H,40,50)(H,41,49)(H,42,47)(H,43,48)/t23-,24-,27?,28?,29?,30-,31-,33+/m0/s1. The van der Waals surface area contributed by atoms with Crippen LogP contribution in [0.2, 0.25) is 0 Å². The summed E-state index contributed by atoms with van der Waals surface area (Å²) in [6.07, 6.45) is 7.81. The van der Waals surface area contributed by atoms with E-state index in [1.807, 2.05) is 58.0 Å². The van der Waals surface area contributed by atoms with Crippen molar-refractivity contribution in [2.24, 2.45) is 17.3 Å². The Morgan fingerprint density at radius 2 is 1.50 bits per heavy atom. The fourth-order valence-electron chi connectivity index (χ4n) is 8.26. The van der Waals surface area contributed by atoms with Crippen molar-refractivity contribution in [3.8, 4) is 0 Å². The van der Waals surface area contributed by atoms with Crippen LogP contribution in [0.25, 0.3) is 0 Å². The van der Waals surface area contributed by atoms with Crippen molar-refractivity contribution in [2.75, 3.05) is 6.26 Å². The molecule has 1 aliphatic heterocycles. The molecule has 1 saturated heterocycles. The number of benzene rings is 1. The molecule has 8 atom stereocenters. The van der Waals surface area contributed by atoms with E-state index in [1.54, 1.807) is 11.8 Å². The minimum atomic E-state index is -3.69. The normalized spacial score (nSPS) is 23.0. The smallest absolute Gasteiger partial charge is 0.290 e. The first kappa shape index (κ1) is 42.9. The van der Waals surface area contributed by atoms with Crippen molar-refractivity contribution in [1.29, 1.82) is 0 Å². The van der Waals surface area contributed by atoms with Gasteiger partial charge >= 0.3 is 0 Å². The Bertz CT molecular complexity index is 1640. The van der Waals surface area contributed by atoms with Gasteiger partial charge in [-0.15, -0.1) is 0 Å². The average Bonchev–Trinajstić information content (AvgIpc) is 3.74. The molecule has 54 heavy (non-hydrogen) atoms. The Hall–Kier alpha value is -3.85. The lowest BCUT2D eigenvalue weighted by atomic mass is 9.81. The molecular formula is C39H60N6O8S. The summed E-state index contributed by atoms with van der Waals surface area (Å²) in [6, 6.07) is 3.37. The molecular weight excluding hydrogens is 713 g/mol. The molecule has 14 nitrogen and oxygen atoms in total. The quantitative estimate of drug-likeness (QED) is 0.158. The highest BCUT2D eigenvalue weighted by molar-refractivity contribution is 7.88. The van der Waals surface area contributed by atoms with Gasteiger partial charge in [0.25, 0.3) is 5.91 Å². The van der Waals surface area contributed by atoms with Gasteiger partial charge in [0.05, 0.1) is 24.4 Å². The minimum Gasteiger partial charge on any atom is -0.344 e. The number of sulfonamides is 1. The largest absolute Gasteiger partial charge is 0.344 e. The molecule has 1 aromatic carbocycles. The lowest BCUT2D eigenvalue weighted by Gasteiger charge is -2.41. The molecule has 5 N–H and O–H groups in total. The van der Waals surface area contributed by atoms with Gasteiger partial charge in [0.15, 0.2) is 0 Å². The van der Waals surface area contributed by atoms with Crippen molar-refractivity contribution in [3.63, 3.8) is 0 Å². The number of hydrogen-bond donors (Lipinski definition) is 5. The molecule has 3 aliphatic rings. The van der Waals surface area contributed by atoms with Crippen molar-refractivity contribution >= 4 is 45.3 Å². The van der Waals surface area contributed by atoms with Gasteiger partial charge in [-0.25, -0.2) is 13.1 Å². The topological polar surface area (TPSA) is 200 Å². The zero-order valence-electron chi connectivity index (χ0n) is 32.8. The molecule has 1 aromatic rings. The Morgan fingerprint density at radius 3 is 2.09 bits per heavy atom. The number of likely N-dealkylation sites (tertiary alicyclic amines) is 1. The van der Waals surface area contributed by atoms with Crippen LogP contribution in [0.5, 0.6) is 0 Å². The number of rotatable bonds is 16. The maximum absolute atomic E-state index is 14.7. The number of nitrogens with zero attached hydrogens (tertiary/aromatic N) is 1. The van der Waals surface area contributed by atoms with Gasteiger partial charge in [0.1, 0.15) is 18.1 Å². The number of ketones is 1. The van der Waals surface area contributed by atoms with E-state index in [0.717, 1.165) is 37.5 Å². The summed E-state index contributed by atoms with van der Waals surface area (Å²) >= 11 is 0. The summed E-state index contributed by atoms with van der Waals surface area (Å²) < 4.78 is 25.9. The molecule has 300 valence electrons. The Kier molecular flexibility index (Phi) is 14.4. The molecule has 0 radical (unpaired) electrons. The van der Waals surface area contributed by atoms with E-state index >= 15 is 0 Å². The molecule has 5 amide bonds. The highest BCUT2D eigenvalue weighted by Crippen LogP contribution is 2.44. The van der Waals surface area contributed by atoms with Gasteiger partial charge in [0.2, 0.25) is 39.4 Å². The van der Waals surface area contributed by atoms with Crippen LogP contribution in [0.4, 0.5) is 0 Å². The molecule has 3 unspecified atom stereocenters. The van der Waals surface area contributed by atoms with E-state index < -0.39 is 87.0 Å². The molecule has 2 aliphatic carbocycles. The number of carbonyl (C=O) groups is 6. The second-order valence-electron chi connectivity index (χ2n) is 16.5. The first-order valence-corrected chi connectivity index (χ1v) is 21.3. The number of carbonyl (C=O) groups excluding carboxylic acids is 6. The third kappa shape index (κ3) is 10.9. The van der Waals surface area contributed by atoms with Crippen LogP contribution in [-0.2, 0) is 38.8 Å². The molecule has 0 aromatic heterocycles. The maximum atomic E-state index is 14.7.